The smallest absolute Gasteiger partial charge is 0.306 e. The summed E-state index contributed by atoms with van der Waals surface area (Å²) in [5.74, 6) is -2.32. The van der Waals surface area contributed by atoms with Gasteiger partial charge in [-0.05, 0) is 89.9 Å². The molecule has 0 N–H and O–H groups in total. The highest BCUT2D eigenvalue weighted by molar-refractivity contribution is 5.70. The molecule has 0 aliphatic heterocycles. The van der Waals surface area contributed by atoms with Gasteiger partial charge in [-0.15, -0.1) is 0 Å². The van der Waals surface area contributed by atoms with Crippen LogP contribution in [0.15, 0.2) is 85.1 Å². The van der Waals surface area contributed by atoms with Crippen LogP contribution in [0, 0.1) is 0 Å². The number of carboxylic acid groups (broad SMARTS) is 1. The lowest BCUT2D eigenvalue weighted by Crippen LogP contribution is -2.44. The average Bonchev–Trinajstić information content (AvgIpc) is 3.31. The summed E-state index contributed by atoms with van der Waals surface area (Å²) in [5, 5.41) is 11.8. The van der Waals surface area contributed by atoms with Crippen molar-refractivity contribution >= 4 is 17.9 Å². The zero-order valence-corrected chi connectivity index (χ0v) is 44.9. The number of unbranched alkanes of at least 4 members (excludes halogenated alkanes) is 21. The van der Waals surface area contributed by atoms with Crippen LogP contribution in [0.4, 0.5) is 0 Å². The lowest BCUT2D eigenvalue weighted by molar-refractivity contribution is -0.870. The molecule has 0 saturated heterocycles. The minimum atomic E-state index is -1.63. The quantitative estimate of drug-likeness (QED) is 0.0195. The fraction of sp³-hybridized carbons (Fsp3) is 0.717. The Morgan fingerprint density at radius 1 is 0.449 bits per heavy atom. The molecule has 69 heavy (non-hydrogen) atoms. The molecule has 0 amide bonds. The zero-order valence-electron chi connectivity index (χ0n) is 44.9. The minimum Gasteiger partial charge on any atom is -0.545 e. The van der Waals surface area contributed by atoms with Crippen molar-refractivity contribution in [3.05, 3.63) is 85.1 Å². The van der Waals surface area contributed by atoms with Crippen LogP contribution in [0.25, 0.3) is 0 Å². The fourth-order valence-corrected chi connectivity index (χ4v) is 7.36. The third-order valence-corrected chi connectivity index (χ3v) is 11.6. The molecule has 0 heterocycles. The predicted molar refractivity (Wildman–Crippen MR) is 288 cm³/mol. The number of carbonyl (C=O) groups excluding carboxylic acids is 3. The molecule has 0 aromatic rings. The molecule has 0 aliphatic rings. The van der Waals surface area contributed by atoms with Crippen molar-refractivity contribution in [3.63, 3.8) is 0 Å². The second-order valence-electron chi connectivity index (χ2n) is 19.5. The highest BCUT2D eigenvalue weighted by Crippen LogP contribution is 2.15. The van der Waals surface area contributed by atoms with Crippen molar-refractivity contribution in [2.75, 3.05) is 47.5 Å². The summed E-state index contributed by atoms with van der Waals surface area (Å²) in [5.41, 5.74) is 0. The normalized spacial score (nSPS) is 13.5. The van der Waals surface area contributed by atoms with Gasteiger partial charge in [-0.3, -0.25) is 9.59 Å². The molecule has 9 heteroatoms. The van der Waals surface area contributed by atoms with E-state index in [-0.39, 0.29) is 38.6 Å². The second kappa shape index (κ2) is 50.8. The molecule has 0 aromatic carbocycles. The van der Waals surface area contributed by atoms with Crippen LogP contribution in [-0.2, 0) is 33.3 Å². The number of nitrogens with zero attached hydrogens (tertiary/aromatic N) is 1. The molecule has 0 fully saturated rings. The first-order valence-electron chi connectivity index (χ1n) is 27.7. The van der Waals surface area contributed by atoms with Crippen LogP contribution >= 0.6 is 0 Å². The monoisotopic (exact) mass is 966 g/mol. The highest BCUT2D eigenvalue weighted by Gasteiger charge is 2.22. The maximum absolute atomic E-state index is 12.8. The molecule has 0 spiro atoms. The van der Waals surface area contributed by atoms with Crippen molar-refractivity contribution in [1.82, 2.24) is 0 Å². The van der Waals surface area contributed by atoms with Crippen LogP contribution < -0.4 is 5.11 Å². The Hall–Kier alpha value is -3.53. The summed E-state index contributed by atoms with van der Waals surface area (Å²) in [6.07, 6.45) is 63.4. The van der Waals surface area contributed by atoms with Gasteiger partial charge in [0.2, 0.25) is 0 Å². The number of esters is 2. The number of hydrogen-bond acceptors (Lipinski definition) is 8. The van der Waals surface area contributed by atoms with E-state index in [9.17, 15) is 19.5 Å². The first-order valence-corrected chi connectivity index (χ1v) is 27.7. The molecule has 9 nitrogen and oxygen atoms in total. The number of allylic oxidation sites excluding steroid dienone is 14. The number of likely N-dealkylation sites (N-methyl/N-ethyl adjacent to an activating group) is 1. The van der Waals surface area contributed by atoms with Gasteiger partial charge in [0.25, 0.3) is 0 Å². The second-order valence-corrected chi connectivity index (χ2v) is 19.5. The molecule has 0 aromatic heterocycles. The number of quaternary nitrogens is 1. The molecule has 0 aliphatic carbocycles. The van der Waals surface area contributed by atoms with Gasteiger partial charge < -0.3 is 33.3 Å². The van der Waals surface area contributed by atoms with Crippen LogP contribution in [-0.4, -0.2) is 82.3 Å². The number of rotatable bonds is 50. The maximum atomic E-state index is 12.8. The van der Waals surface area contributed by atoms with Crippen molar-refractivity contribution < 1.29 is 42.9 Å². The van der Waals surface area contributed by atoms with Gasteiger partial charge in [-0.25, -0.2) is 0 Å². The van der Waals surface area contributed by atoms with Crippen LogP contribution in [0.5, 0.6) is 0 Å². The maximum Gasteiger partial charge on any atom is 0.306 e. The number of hydrogen-bond donors (Lipinski definition) is 0. The Morgan fingerprint density at radius 2 is 0.826 bits per heavy atom. The lowest BCUT2D eigenvalue weighted by Gasteiger charge is -2.26. The SMILES string of the molecule is CC/C=C\C/C=C\C/C=C\C/C=C\CCCCCCC(=O)OC(COC(=O)CCCCCCCCCCCCCC/C=C\C/C=C\C/C=C\CCCCCCC)COC(OCC[N+](C)(C)C)C(=O)[O-]. The van der Waals surface area contributed by atoms with Crippen molar-refractivity contribution in [1.29, 1.82) is 0 Å². The topological polar surface area (TPSA) is 111 Å². The van der Waals surface area contributed by atoms with E-state index < -0.39 is 24.3 Å². The average molecular weight is 966 g/mol. The molecule has 0 rings (SSSR count). The fourth-order valence-electron chi connectivity index (χ4n) is 7.36. The van der Waals surface area contributed by atoms with E-state index >= 15 is 0 Å². The number of carboxylic acids is 1. The Kier molecular flexibility index (Phi) is 48.2. The molecular weight excluding hydrogens is 863 g/mol. The Balaban J connectivity index is 4.27. The minimum absolute atomic E-state index is 0.138. The molecule has 2 unspecified atom stereocenters. The summed E-state index contributed by atoms with van der Waals surface area (Å²) in [6.45, 7) is 4.58. The van der Waals surface area contributed by atoms with Crippen molar-refractivity contribution in [2.24, 2.45) is 0 Å². The molecule has 0 radical (unpaired) electrons. The number of aliphatic carboxylic acids is 1. The number of carbonyl (C=O) groups is 3. The summed E-state index contributed by atoms with van der Waals surface area (Å²) >= 11 is 0. The largest absolute Gasteiger partial charge is 0.545 e. The van der Waals surface area contributed by atoms with Gasteiger partial charge in [-0.2, -0.15) is 0 Å². The molecule has 396 valence electrons. The lowest BCUT2D eigenvalue weighted by atomic mass is 10.0. The Labute approximate surface area is 423 Å². The van der Waals surface area contributed by atoms with E-state index in [0.29, 0.717) is 17.4 Å². The summed E-state index contributed by atoms with van der Waals surface area (Å²) in [7, 11) is 5.90. The summed E-state index contributed by atoms with van der Waals surface area (Å²) in [4.78, 5) is 37.2. The van der Waals surface area contributed by atoms with Gasteiger partial charge in [0.15, 0.2) is 12.4 Å². The predicted octanol–water partition coefficient (Wildman–Crippen LogP) is 14.7. The molecule has 2 atom stereocenters. The third kappa shape index (κ3) is 52.1. The van der Waals surface area contributed by atoms with Gasteiger partial charge in [-0.1, -0.05) is 202 Å². The van der Waals surface area contributed by atoms with Gasteiger partial charge in [0, 0.05) is 12.8 Å². The third-order valence-electron chi connectivity index (χ3n) is 11.6. The van der Waals surface area contributed by atoms with Gasteiger partial charge in [0.05, 0.1) is 40.3 Å². The van der Waals surface area contributed by atoms with E-state index in [2.05, 4.69) is 98.9 Å². The van der Waals surface area contributed by atoms with E-state index in [4.69, 9.17) is 18.9 Å². The van der Waals surface area contributed by atoms with E-state index in [0.717, 1.165) is 83.5 Å². The van der Waals surface area contributed by atoms with Crippen molar-refractivity contribution in [3.8, 4) is 0 Å². The highest BCUT2D eigenvalue weighted by atomic mass is 16.7. The molecule has 0 bridgehead atoms. The molecule has 0 saturated carbocycles. The number of ether oxygens (including phenoxy) is 4. The van der Waals surface area contributed by atoms with E-state index in [1.165, 1.54) is 103 Å². The van der Waals surface area contributed by atoms with Crippen LogP contribution in [0.1, 0.15) is 219 Å². The van der Waals surface area contributed by atoms with E-state index in [1.807, 2.05) is 21.1 Å². The zero-order chi connectivity index (χ0) is 50.6. The van der Waals surface area contributed by atoms with E-state index in [1.54, 1.807) is 0 Å². The first-order chi connectivity index (χ1) is 33.6. The first kappa shape index (κ1) is 65.5. The van der Waals surface area contributed by atoms with Crippen molar-refractivity contribution in [2.45, 2.75) is 232 Å². The van der Waals surface area contributed by atoms with Crippen LogP contribution in [0.2, 0.25) is 0 Å². The van der Waals surface area contributed by atoms with Gasteiger partial charge >= 0.3 is 11.9 Å². The Morgan fingerprint density at radius 3 is 1.23 bits per heavy atom. The standard InChI is InChI=1S/C60H103NO8/c1-6-8-10-12-14-16-18-20-22-24-25-26-27-28-29-30-31-32-33-35-36-38-40-42-44-46-48-50-57(62)67-54-56(55-68-60(59(64)65)66-53-52-61(3,4)5)69-58(63)51-49-47-45-43-41-39-37-34-23-21-19-17-15-13-11-9-7-2/h9,11,15,17-18,20-21,23-25,27-28,37,39,56,60H,6-8,10,12-14,16,19,22,26,29-36,38,40-55H2,1-5H3/b11-9-,17-15-,20-18-,23-21-,25-24-,28-27-,39-37-. The Bertz CT molecular complexity index is 1400. The van der Waals surface area contributed by atoms with Crippen LogP contribution in [0.3, 0.4) is 0 Å². The summed E-state index contributed by atoms with van der Waals surface area (Å²) in [6, 6.07) is 0. The molecular formula is C60H103NO8. The van der Waals surface area contributed by atoms with Gasteiger partial charge in [0.1, 0.15) is 13.2 Å². The summed E-state index contributed by atoms with van der Waals surface area (Å²) < 4.78 is 22.6.